The highest BCUT2D eigenvalue weighted by Gasteiger charge is 2.52. The maximum atomic E-state index is 12.4. The van der Waals surface area contributed by atoms with Crippen LogP contribution in [0, 0.1) is 5.41 Å². The minimum atomic E-state index is 0.390. The van der Waals surface area contributed by atoms with Crippen molar-refractivity contribution in [3.05, 3.63) is 35.9 Å². The smallest absolute Gasteiger partial charge is 0.222 e. The van der Waals surface area contributed by atoms with Gasteiger partial charge in [-0.25, -0.2) is 0 Å². The van der Waals surface area contributed by atoms with E-state index in [2.05, 4.69) is 42.2 Å². The molecule has 0 aromatic heterocycles. The fraction of sp³-hybridized carbons (Fsp3) is 0.632. The van der Waals surface area contributed by atoms with Gasteiger partial charge in [-0.05, 0) is 55.4 Å². The van der Waals surface area contributed by atoms with Crippen LogP contribution >= 0.6 is 0 Å². The third-order valence-electron chi connectivity index (χ3n) is 5.64. The number of benzene rings is 1. The Morgan fingerprint density at radius 1 is 1.19 bits per heavy atom. The third-order valence-corrected chi connectivity index (χ3v) is 5.64. The number of carbonyl (C=O) groups is 1. The summed E-state index contributed by atoms with van der Waals surface area (Å²) in [5.41, 5.74) is 1.86. The molecule has 1 saturated carbocycles. The fourth-order valence-corrected chi connectivity index (χ4v) is 4.01. The molecule has 2 fully saturated rings. The zero-order valence-corrected chi connectivity index (χ0v) is 13.2. The van der Waals surface area contributed by atoms with Crippen molar-refractivity contribution in [1.82, 2.24) is 4.90 Å². The summed E-state index contributed by atoms with van der Waals surface area (Å²) in [6.07, 6.45) is 7.95. The minimum Gasteiger partial charge on any atom is -0.343 e. The molecule has 0 bridgehead atoms. The molecule has 21 heavy (non-hydrogen) atoms. The topological polar surface area (TPSA) is 20.3 Å². The number of hydrogen-bond acceptors (Lipinski definition) is 1. The summed E-state index contributed by atoms with van der Waals surface area (Å²) in [4.78, 5) is 14.4. The molecule has 1 aliphatic heterocycles. The average Bonchev–Trinajstić information content (AvgIpc) is 3.29. The molecule has 0 unspecified atom stereocenters. The van der Waals surface area contributed by atoms with Crippen molar-refractivity contribution in [1.29, 1.82) is 0 Å². The van der Waals surface area contributed by atoms with Gasteiger partial charge in [0, 0.05) is 19.5 Å². The highest BCUT2D eigenvalue weighted by Crippen LogP contribution is 2.64. The average molecular weight is 285 g/mol. The molecule has 114 valence electrons. The van der Waals surface area contributed by atoms with Gasteiger partial charge in [0.05, 0.1) is 0 Å². The quantitative estimate of drug-likeness (QED) is 0.787. The van der Waals surface area contributed by atoms with Gasteiger partial charge in [-0.15, -0.1) is 0 Å². The number of amides is 1. The van der Waals surface area contributed by atoms with E-state index in [0.29, 0.717) is 17.2 Å². The summed E-state index contributed by atoms with van der Waals surface area (Å²) in [5, 5.41) is 0. The van der Waals surface area contributed by atoms with Crippen LogP contribution < -0.4 is 0 Å². The zero-order chi connectivity index (χ0) is 14.7. The van der Waals surface area contributed by atoms with E-state index in [1.165, 1.54) is 37.7 Å². The molecule has 2 nitrogen and oxygen atoms in total. The monoisotopic (exact) mass is 285 g/mol. The molecule has 0 radical (unpaired) electrons. The van der Waals surface area contributed by atoms with Crippen LogP contribution in [-0.2, 0) is 4.79 Å². The molecular weight excluding hydrogens is 258 g/mol. The molecule has 2 heteroatoms. The highest BCUT2D eigenvalue weighted by atomic mass is 16.2. The molecule has 1 heterocycles. The van der Waals surface area contributed by atoms with Crippen LogP contribution in [-0.4, -0.2) is 23.9 Å². The SMILES string of the molecule is CC[C@@]1(CCC(=O)N2CCCCC2)C[C@H]1c1ccccc1. The second kappa shape index (κ2) is 6.21. The number of carbonyl (C=O) groups excluding carboxylic acids is 1. The largest absolute Gasteiger partial charge is 0.343 e. The number of hydrogen-bond donors (Lipinski definition) is 0. The summed E-state index contributed by atoms with van der Waals surface area (Å²) in [7, 11) is 0. The number of piperidine rings is 1. The Labute approximate surface area is 128 Å². The number of rotatable bonds is 5. The lowest BCUT2D eigenvalue weighted by atomic mass is 9.91. The van der Waals surface area contributed by atoms with E-state index < -0.39 is 0 Å². The molecule has 1 saturated heterocycles. The van der Waals surface area contributed by atoms with E-state index in [1.807, 2.05) is 0 Å². The summed E-state index contributed by atoms with van der Waals surface area (Å²) in [6, 6.07) is 10.8. The maximum absolute atomic E-state index is 12.4. The fourth-order valence-electron chi connectivity index (χ4n) is 4.01. The Morgan fingerprint density at radius 3 is 2.57 bits per heavy atom. The Hall–Kier alpha value is -1.31. The second-order valence-corrected chi connectivity index (χ2v) is 6.82. The molecule has 3 rings (SSSR count). The van der Waals surface area contributed by atoms with E-state index in [1.54, 1.807) is 0 Å². The first-order valence-electron chi connectivity index (χ1n) is 8.58. The minimum absolute atomic E-state index is 0.390. The van der Waals surface area contributed by atoms with Gasteiger partial charge >= 0.3 is 0 Å². The molecule has 2 atom stereocenters. The second-order valence-electron chi connectivity index (χ2n) is 6.82. The Kier molecular flexibility index (Phi) is 4.32. The third kappa shape index (κ3) is 3.14. The van der Waals surface area contributed by atoms with E-state index >= 15 is 0 Å². The summed E-state index contributed by atoms with van der Waals surface area (Å²) in [6.45, 7) is 4.26. The van der Waals surface area contributed by atoms with Gasteiger partial charge < -0.3 is 4.90 Å². The Morgan fingerprint density at radius 2 is 1.90 bits per heavy atom. The van der Waals surface area contributed by atoms with Crippen molar-refractivity contribution in [3.63, 3.8) is 0 Å². The van der Waals surface area contributed by atoms with Crippen molar-refractivity contribution < 1.29 is 4.79 Å². The molecule has 0 N–H and O–H groups in total. The first kappa shape index (κ1) is 14.6. The van der Waals surface area contributed by atoms with Crippen molar-refractivity contribution in [2.45, 2.75) is 57.8 Å². The maximum Gasteiger partial charge on any atom is 0.222 e. The molecular formula is C19H27NO. The Bertz CT molecular complexity index is 478. The lowest BCUT2D eigenvalue weighted by Crippen LogP contribution is -2.35. The summed E-state index contributed by atoms with van der Waals surface area (Å²) >= 11 is 0. The van der Waals surface area contributed by atoms with Crippen LogP contribution in [0.3, 0.4) is 0 Å². The van der Waals surface area contributed by atoms with Gasteiger partial charge in [0.25, 0.3) is 0 Å². The van der Waals surface area contributed by atoms with Crippen molar-refractivity contribution in [3.8, 4) is 0 Å². The molecule has 1 aromatic rings. The van der Waals surface area contributed by atoms with Crippen molar-refractivity contribution in [2.75, 3.05) is 13.1 Å². The first-order chi connectivity index (χ1) is 10.2. The molecule has 1 amide bonds. The molecule has 1 aromatic carbocycles. The predicted octanol–water partition coefficient (Wildman–Crippen LogP) is 4.36. The number of likely N-dealkylation sites (tertiary alicyclic amines) is 1. The van der Waals surface area contributed by atoms with E-state index in [-0.39, 0.29) is 0 Å². The van der Waals surface area contributed by atoms with E-state index in [4.69, 9.17) is 0 Å². The van der Waals surface area contributed by atoms with Crippen LogP contribution in [0.5, 0.6) is 0 Å². The van der Waals surface area contributed by atoms with Gasteiger partial charge in [-0.2, -0.15) is 0 Å². The van der Waals surface area contributed by atoms with Crippen LogP contribution in [0.2, 0.25) is 0 Å². The first-order valence-corrected chi connectivity index (χ1v) is 8.58. The number of nitrogens with zero attached hydrogens (tertiary/aromatic N) is 1. The van der Waals surface area contributed by atoms with Gasteiger partial charge in [0.15, 0.2) is 0 Å². The van der Waals surface area contributed by atoms with E-state index in [0.717, 1.165) is 25.9 Å². The molecule has 2 aliphatic rings. The molecule has 1 aliphatic carbocycles. The van der Waals surface area contributed by atoms with Crippen molar-refractivity contribution >= 4 is 5.91 Å². The van der Waals surface area contributed by atoms with Crippen LogP contribution in [0.25, 0.3) is 0 Å². The Balaban J connectivity index is 1.55. The molecule has 0 spiro atoms. The standard InChI is InChI=1S/C19H27NO/c1-2-19(15-17(19)16-9-5-3-6-10-16)12-11-18(21)20-13-7-4-8-14-20/h3,5-6,9-10,17H,2,4,7-8,11-15H2,1H3/t17-,19+/m0/s1. The summed E-state index contributed by atoms with van der Waals surface area (Å²) < 4.78 is 0. The van der Waals surface area contributed by atoms with Crippen molar-refractivity contribution in [2.24, 2.45) is 5.41 Å². The lowest BCUT2D eigenvalue weighted by molar-refractivity contribution is -0.132. The van der Waals surface area contributed by atoms with Gasteiger partial charge in [-0.1, -0.05) is 37.3 Å². The van der Waals surface area contributed by atoms with Crippen LogP contribution in [0.15, 0.2) is 30.3 Å². The van der Waals surface area contributed by atoms with Crippen LogP contribution in [0.4, 0.5) is 0 Å². The summed E-state index contributed by atoms with van der Waals surface area (Å²) in [5.74, 6) is 1.07. The predicted molar refractivity (Wildman–Crippen MR) is 86.2 cm³/mol. The normalized spacial score (nSPS) is 28.4. The van der Waals surface area contributed by atoms with Crippen LogP contribution in [0.1, 0.15) is 63.4 Å². The lowest BCUT2D eigenvalue weighted by Gasteiger charge is -2.27. The van der Waals surface area contributed by atoms with Gasteiger partial charge in [0.2, 0.25) is 5.91 Å². The van der Waals surface area contributed by atoms with Gasteiger partial charge in [-0.3, -0.25) is 4.79 Å². The van der Waals surface area contributed by atoms with Gasteiger partial charge in [0.1, 0.15) is 0 Å². The zero-order valence-electron chi connectivity index (χ0n) is 13.2. The highest BCUT2D eigenvalue weighted by molar-refractivity contribution is 5.76. The van der Waals surface area contributed by atoms with E-state index in [9.17, 15) is 4.79 Å².